The van der Waals surface area contributed by atoms with Crippen molar-refractivity contribution in [1.82, 2.24) is 4.90 Å². The van der Waals surface area contributed by atoms with Crippen LogP contribution < -0.4 is 0 Å². The monoisotopic (exact) mass is 382 g/mol. The van der Waals surface area contributed by atoms with Crippen LogP contribution in [0.3, 0.4) is 0 Å². The summed E-state index contributed by atoms with van der Waals surface area (Å²) in [6.07, 6.45) is 0.995. The van der Waals surface area contributed by atoms with E-state index < -0.39 is 6.23 Å². The van der Waals surface area contributed by atoms with Gasteiger partial charge in [-0.25, -0.2) is 0 Å². The van der Waals surface area contributed by atoms with Gasteiger partial charge in [-0.15, -0.1) is 0 Å². The molecule has 5 fully saturated rings. The fourth-order valence-electron chi connectivity index (χ4n) is 7.47. The lowest BCUT2D eigenvalue weighted by Gasteiger charge is -2.60. The zero-order valence-electron chi connectivity index (χ0n) is 16.4. The lowest BCUT2D eigenvalue weighted by Crippen LogP contribution is -2.71. The summed E-state index contributed by atoms with van der Waals surface area (Å²) in [5.41, 5.74) is 2.96. The Kier molecular flexibility index (Phi) is 3.32. The molecule has 6 aliphatic rings. The van der Waals surface area contributed by atoms with E-state index >= 15 is 0 Å². The molecule has 4 saturated heterocycles. The lowest BCUT2D eigenvalue weighted by atomic mass is 9.63. The topological polar surface area (TPSA) is 71.4 Å². The molecule has 6 heteroatoms. The second kappa shape index (κ2) is 5.43. The Morgan fingerprint density at radius 2 is 2.18 bits per heavy atom. The molecule has 1 aromatic rings. The number of rotatable bonds is 3. The normalized spacial score (nSPS) is 47.5. The molecule has 1 aromatic carbocycles. The number of aliphatic hydroxyl groups excluding tert-OH is 1. The number of carbonyl (C=O) groups is 1. The smallest absolute Gasteiger partial charge is 0.302 e. The van der Waals surface area contributed by atoms with Gasteiger partial charge in [0.2, 0.25) is 0 Å². The highest BCUT2D eigenvalue weighted by molar-refractivity contribution is 6.07. The predicted molar refractivity (Wildman–Crippen MR) is 102 cm³/mol. The fraction of sp³-hybridized carbons (Fsp3) is 0.636. The third-order valence-corrected chi connectivity index (χ3v) is 8.29. The molecule has 1 saturated carbocycles. The van der Waals surface area contributed by atoms with Gasteiger partial charge in [0.1, 0.15) is 12.3 Å². The van der Waals surface area contributed by atoms with Gasteiger partial charge in [-0.1, -0.05) is 18.2 Å². The third-order valence-electron chi connectivity index (χ3n) is 8.29. The maximum absolute atomic E-state index is 12.2. The number of aliphatic hydroxyl groups is 1. The number of benzene rings is 1. The summed E-state index contributed by atoms with van der Waals surface area (Å²) in [5.74, 6) is 0.242. The van der Waals surface area contributed by atoms with Gasteiger partial charge >= 0.3 is 5.97 Å². The molecular weight excluding hydrogens is 356 g/mol. The van der Waals surface area contributed by atoms with Crippen molar-refractivity contribution in [3.63, 3.8) is 0 Å². The van der Waals surface area contributed by atoms with Crippen LogP contribution in [0.1, 0.15) is 32.3 Å². The van der Waals surface area contributed by atoms with Crippen molar-refractivity contribution in [2.24, 2.45) is 22.7 Å². The molecule has 1 aliphatic carbocycles. The van der Waals surface area contributed by atoms with E-state index in [9.17, 15) is 9.90 Å². The van der Waals surface area contributed by atoms with Gasteiger partial charge in [0.25, 0.3) is 0 Å². The number of ether oxygens (including phenoxy) is 2. The molecule has 7 rings (SSSR count). The molecule has 5 aliphatic heterocycles. The first-order chi connectivity index (χ1) is 13.5. The summed E-state index contributed by atoms with van der Waals surface area (Å²) in [6, 6.07) is 8.61. The molecule has 5 heterocycles. The van der Waals surface area contributed by atoms with Gasteiger partial charge in [0.05, 0.1) is 29.0 Å². The van der Waals surface area contributed by atoms with Crippen molar-refractivity contribution >= 4 is 17.4 Å². The summed E-state index contributed by atoms with van der Waals surface area (Å²) in [5, 5.41) is 11.3. The Morgan fingerprint density at radius 3 is 2.93 bits per heavy atom. The molecule has 0 amide bonds. The molecule has 5 unspecified atom stereocenters. The van der Waals surface area contributed by atoms with E-state index in [1.54, 1.807) is 7.11 Å². The van der Waals surface area contributed by atoms with E-state index in [0.29, 0.717) is 0 Å². The van der Waals surface area contributed by atoms with Gasteiger partial charge in [0.15, 0.2) is 0 Å². The number of hydrogen-bond donors (Lipinski definition) is 1. The van der Waals surface area contributed by atoms with Gasteiger partial charge < -0.3 is 14.6 Å². The van der Waals surface area contributed by atoms with E-state index in [0.717, 1.165) is 24.2 Å². The zero-order valence-corrected chi connectivity index (χ0v) is 16.4. The number of methoxy groups -OCH3 is 1. The summed E-state index contributed by atoms with van der Waals surface area (Å²) in [4.78, 5) is 19.5. The minimum absolute atomic E-state index is 0.0189. The Bertz CT molecular complexity index is 900. The zero-order chi connectivity index (χ0) is 19.4. The maximum Gasteiger partial charge on any atom is 0.302 e. The number of nitrogens with zero attached hydrogens (tertiary/aromatic N) is 2. The van der Waals surface area contributed by atoms with Crippen molar-refractivity contribution in [3.05, 3.63) is 29.8 Å². The third kappa shape index (κ3) is 1.76. The van der Waals surface area contributed by atoms with Crippen molar-refractivity contribution in [3.8, 4) is 0 Å². The van der Waals surface area contributed by atoms with E-state index in [4.69, 9.17) is 14.5 Å². The number of para-hydroxylation sites is 1. The molecule has 6 nitrogen and oxygen atoms in total. The van der Waals surface area contributed by atoms with Crippen molar-refractivity contribution in [1.29, 1.82) is 0 Å². The Balaban J connectivity index is 1.56. The Morgan fingerprint density at radius 1 is 1.39 bits per heavy atom. The summed E-state index contributed by atoms with van der Waals surface area (Å²) < 4.78 is 11.7. The highest BCUT2D eigenvalue weighted by Crippen LogP contribution is 2.67. The SMILES string of the molecule is COC(C)[C@H]1C2C[C@H]3C4=Nc5ccccc5[C@]45C[C@@H](C2C5OC(C)=O)N3[C@@H]1O. The largest absolute Gasteiger partial charge is 0.461 e. The quantitative estimate of drug-likeness (QED) is 0.810. The van der Waals surface area contributed by atoms with Crippen LogP contribution >= 0.6 is 0 Å². The first-order valence-electron chi connectivity index (χ1n) is 10.3. The van der Waals surface area contributed by atoms with Crippen LogP contribution in [0.25, 0.3) is 0 Å². The molecule has 5 bridgehead atoms. The van der Waals surface area contributed by atoms with Crippen LogP contribution in [0.2, 0.25) is 0 Å². The summed E-state index contributed by atoms with van der Waals surface area (Å²) >= 11 is 0. The minimum atomic E-state index is -0.541. The Hall–Kier alpha value is -1.76. The molecule has 1 N–H and O–H groups in total. The molecule has 28 heavy (non-hydrogen) atoms. The van der Waals surface area contributed by atoms with Gasteiger partial charge in [-0.05, 0) is 37.3 Å². The maximum atomic E-state index is 12.2. The van der Waals surface area contributed by atoms with Crippen LogP contribution in [-0.4, -0.2) is 59.3 Å². The Labute approximate surface area is 164 Å². The number of piperidine rings is 4. The van der Waals surface area contributed by atoms with Gasteiger partial charge in [-0.2, -0.15) is 0 Å². The van der Waals surface area contributed by atoms with E-state index in [1.807, 2.05) is 13.0 Å². The first kappa shape index (κ1) is 17.1. The van der Waals surface area contributed by atoms with Crippen LogP contribution in [0.4, 0.5) is 5.69 Å². The lowest BCUT2D eigenvalue weighted by molar-refractivity contribution is -0.221. The van der Waals surface area contributed by atoms with Crippen LogP contribution in [0.15, 0.2) is 29.3 Å². The summed E-state index contributed by atoms with van der Waals surface area (Å²) in [6.45, 7) is 3.54. The molecule has 0 aromatic heterocycles. The van der Waals surface area contributed by atoms with Crippen molar-refractivity contribution in [2.45, 2.75) is 62.6 Å². The first-order valence-corrected chi connectivity index (χ1v) is 10.3. The fourth-order valence-corrected chi connectivity index (χ4v) is 7.47. The standard InChI is InChI=1S/C22H26N2O4/c1-10(27-3)17-12-8-15-19-22(13-6-4-5-7-14(13)23-19)9-16(24(15)21(17)26)18(12)20(22)28-11(2)25/h4-7,10,12,15-18,20-21,26H,8-9H2,1-3H3/t10?,12?,15-,16-,17-,18?,20?,21+,22+/m0/s1. The van der Waals surface area contributed by atoms with Crippen LogP contribution in [0, 0.1) is 17.8 Å². The number of fused-ring (bicyclic) bond motifs is 2. The number of carbonyl (C=O) groups excluding carboxylic acids is 1. The van der Waals surface area contributed by atoms with E-state index in [-0.39, 0.29) is 53.4 Å². The summed E-state index contributed by atoms with van der Waals surface area (Å²) in [7, 11) is 1.71. The van der Waals surface area contributed by atoms with Crippen molar-refractivity contribution < 1.29 is 19.4 Å². The number of hydrogen-bond acceptors (Lipinski definition) is 6. The average Bonchev–Trinajstić information content (AvgIpc) is 3.14. The van der Waals surface area contributed by atoms with E-state index in [1.165, 1.54) is 12.5 Å². The molecule has 148 valence electrons. The second-order valence-electron chi connectivity index (χ2n) is 9.16. The number of aliphatic imine (C=N–C) groups is 1. The average molecular weight is 382 g/mol. The second-order valence-corrected chi connectivity index (χ2v) is 9.16. The molecule has 0 radical (unpaired) electrons. The highest BCUT2D eigenvalue weighted by atomic mass is 16.5. The van der Waals surface area contributed by atoms with E-state index in [2.05, 4.69) is 23.1 Å². The van der Waals surface area contributed by atoms with Gasteiger partial charge in [-0.3, -0.25) is 14.7 Å². The molecule has 1 spiro atoms. The van der Waals surface area contributed by atoms with Crippen molar-refractivity contribution in [2.75, 3.05) is 7.11 Å². The number of esters is 1. The highest BCUT2D eigenvalue weighted by Gasteiger charge is 2.76. The van der Waals surface area contributed by atoms with Crippen LogP contribution in [0.5, 0.6) is 0 Å². The predicted octanol–water partition coefficient (Wildman–Crippen LogP) is 2.02. The molecular formula is C22H26N2O4. The van der Waals surface area contributed by atoms with Crippen LogP contribution in [-0.2, 0) is 19.7 Å². The van der Waals surface area contributed by atoms with Gasteiger partial charge in [0, 0.05) is 31.9 Å². The molecule has 10 atom stereocenters. The minimum Gasteiger partial charge on any atom is -0.461 e.